The highest BCUT2D eigenvalue weighted by Gasteiger charge is 2.07. The molecule has 134 valence electrons. The van der Waals surface area contributed by atoms with Gasteiger partial charge in [0.15, 0.2) is 6.61 Å². The van der Waals surface area contributed by atoms with E-state index in [2.05, 4.69) is 20.8 Å². The zero-order valence-electron chi connectivity index (χ0n) is 13.9. The molecule has 0 fully saturated rings. The Hall–Kier alpha value is -4.01. The van der Waals surface area contributed by atoms with Crippen LogP contribution in [0.5, 0.6) is 5.75 Å². The molecule has 0 saturated heterocycles. The zero-order valence-corrected chi connectivity index (χ0v) is 13.9. The second kappa shape index (κ2) is 7.08. The highest BCUT2D eigenvalue weighted by Crippen LogP contribution is 2.19. The number of carbonyl (C=O) groups excluding carboxylic acids is 1. The monoisotopic (exact) mass is 363 g/mol. The molecule has 4 rings (SSSR count). The summed E-state index contributed by atoms with van der Waals surface area (Å²) in [5, 5.41) is 14.5. The first-order valence-corrected chi connectivity index (χ1v) is 7.97. The largest absolute Gasteiger partial charge is 0.484 e. The lowest BCUT2D eigenvalue weighted by molar-refractivity contribution is -0.118. The maximum Gasteiger partial charge on any atom is 0.336 e. The molecule has 0 radical (unpaired) electrons. The van der Waals surface area contributed by atoms with Crippen molar-refractivity contribution in [3.8, 4) is 11.4 Å². The van der Waals surface area contributed by atoms with E-state index in [-0.39, 0.29) is 12.5 Å². The molecule has 0 aliphatic heterocycles. The van der Waals surface area contributed by atoms with Crippen LogP contribution in [0, 0.1) is 0 Å². The van der Waals surface area contributed by atoms with Gasteiger partial charge in [-0.3, -0.25) is 4.79 Å². The summed E-state index contributed by atoms with van der Waals surface area (Å²) in [5.74, 6) is 0.0907. The number of ether oxygens (including phenoxy) is 1. The molecule has 1 N–H and O–H groups in total. The molecular formula is C18H13N5O4. The van der Waals surface area contributed by atoms with Crippen LogP contribution < -0.4 is 15.7 Å². The minimum Gasteiger partial charge on any atom is -0.484 e. The lowest BCUT2D eigenvalue weighted by Gasteiger charge is -2.09. The first-order valence-electron chi connectivity index (χ1n) is 7.97. The van der Waals surface area contributed by atoms with Crippen molar-refractivity contribution in [3.63, 3.8) is 0 Å². The van der Waals surface area contributed by atoms with E-state index in [0.29, 0.717) is 22.7 Å². The summed E-state index contributed by atoms with van der Waals surface area (Å²) in [6.07, 6.45) is 1.46. The van der Waals surface area contributed by atoms with Crippen LogP contribution in [0.2, 0.25) is 0 Å². The Kier molecular flexibility index (Phi) is 4.32. The predicted molar refractivity (Wildman–Crippen MR) is 95.8 cm³/mol. The van der Waals surface area contributed by atoms with Crippen molar-refractivity contribution >= 4 is 22.6 Å². The van der Waals surface area contributed by atoms with Crippen LogP contribution in [0.15, 0.2) is 70.1 Å². The number of hydrogen-bond acceptors (Lipinski definition) is 7. The molecule has 2 aromatic carbocycles. The third kappa shape index (κ3) is 3.82. The number of rotatable bonds is 5. The number of aromatic nitrogens is 4. The molecule has 0 aliphatic carbocycles. The highest BCUT2D eigenvalue weighted by molar-refractivity contribution is 5.92. The number of hydrogen-bond donors (Lipinski definition) is 1. The molecular weight excluding hydrogens is 350 g/mol. The van der Waals surface area contributed by atoms with Gasteiger partial charge >= 0.3 is 5.63 Å². The fraction of sp³-hybridized carbons (Fsp3) is 0.0556. The van der Waals surface area contributed by atoms with Gasteiger partial charge in [-0.2, -0.15) is 0 Å². The van der Waals surface area contributed by atoms with Gasteiger partial charge in [-0.05, 0) is 46.8 Å². The number of carbonyl (C=O) groups is 1. The maximum atomic E-state index is 12.1. The lowest BCUT2D eigenvalue weighted by Crippen LogP contribution is -2.20. The van der Waals surface area contributed by atoms with Crippen molar-refractivity contribution < 1.29 is 13.9 Å². The van der Waals surface area contributed by atoms with Crippen molar-refractivity contribution in [3.05, 3.63) is 71.3 Å². The Morgan fingerprint density at radius 1 is 1.15 bits per heavy atom. The normalized spacial score (nSPS) is 10.7. The Morgan fingerprint density at radius 2 is 2.04 bits per heavy atom. The van der Waals surface area contributed by atoms with Crippen LogP contribution >= 0.6 is 0 Å². The topological polar surface area (TPSA) is 112 Å². The Labute approximate surface area is 152 Å². The minimum absolute atomic E-state index is 0.197. The van der Waals surface area contributed by atoms with E-state index in [1.807, 2.05) is 6.07 Å². The summed E-state index contributed by atoms with van der Waals surface area (Å²) in [7, 11) is 0. The van der Waals surface area contributed by atoms with Gasteiger partial charge in [0.05, 0.1) is 5.69 Å². The average Bonchev–Trinajstić information content (AvgIpc) is 3.21. The Morgan fingerprint density at radius 3 is 2.89 bits per heavy atom. The van der Waals surface area contributed by atoms with Crippen molar-refractivity contribution in [1.29, 1.82) is 0 Å². The fourth-order valence-corrected chi connectivity index (χ4v) is 2.48. The molecule has 1 amide bonds. The lowest BCUT2D eigenvalue weighted by atomic mass is 10.2. The van der Waals surface area contributed by atoms with Gasteiger partial charge in [-0.15, -0.1) is 5.10 Å². The van der Waals surface area contributed by atoms with Crippen molar-refractivity contribution in [1.82, 2.24) is 20.2 Å². The second-order valence-corrected chi connectivity index (χ2v) is 5.60. The summed E-state index contributed by atoms with van der Waals surface area (Å²) >= 11 is 0. The first-order chi connectivity index (χ1) is 13.2. The number of nitrogens with one attached hydrogen (secondary N) is 1. The van der Waals surface area contributed by atoms with Crippen LogP contribution in [0.3, 0.4) is 0 Å². The Balaban J connectivity index is 1.41. The molecule has 0 spiro atoms. The van der Waals surface area contributed by atoms with Crippen molar-refractivity contribution in [2.24, 2.45) is 0 Å². The number of amides is 1. The van der Waals surface area contributed by atoms with E-state index in [9.17, 15) is 9.59 Å². The van der Waals surface area contributed by atoms with Gasteiger partial charge in [0, 0.05) is 23.2 Å². The van der Waals surface area contributed by atoms with Gasteiger partial charge in [0.1, 0.15) is 17.7 Å². The molecule has 4 aromatic rings. The minimum atomic E-state index is -0.445. The predicted octanol–water partition coefficient (Wildman–Crippen LogP) is 1.79. The van der Waals surface area contributed by atoms with Crippen molar-refractivity contribution in [2.75, 3.05) is 11.9 Å². The molecule has 0 unspecified atom stereocenters. The van der Waals surface area contributed by atoms with E-state index in [1.54, 1.807) is 42.5 Å². The van der Waals surface area contributed by atoms with Crippen LogP contribution in [0.25, 0.3) is 16.7 Å². The van der Waals surface area contributed by atoms with E-state index >= 15 is 0 Å². The van der Waals surface area contributed by atoms with Gasteiger partial charge in [-0.25, -0.2) is 9.48 Å². The molecule has 0 saturated carbocycles. The van der Waals surface area contributed by atoms with Gasteiger partial charge in [0.25, 0.3) is 5.91 Å². The van der Waals surface area contributed by atoms with Crippen LogP contribution in [-0.2, 0) is 4.79 Å². The summed E-state index contributed by atoms with van der Waals surface area (Å²) in [5.41, 5.74) is 1.25. The molecule has 0 atom stereocenters. The summed E-state index contributed by atoms with van der Waals surface area (Å²) < 4.78 is 12.1. The van der Waals surface area contributed by atoms with E-state index < -0.39 is 5.63 Å². The number of anilines is 1. The average molecular weight is 363 g/mol. The number of fused-ring (bicyclic) bond motifs is 1. The van der Waals surface area contributed by atoms with Gasteiger partial charge < -0.3 is 14.5 Å². The second-order valence-electron chi connectivity index (χ2n) is 5.60. The molecule has 9 nitrogen and oxygen atoms in total. The van der Waals surface area contributed by atoms with Crippen LogP contribution in [-0.4, -0.2) is 32.7 Å². The molecule has 0 bridgehead atoms. The van der Waals surface area contributed by atoms with Gasteiger partial charge in [-0.1, -0.05) is 6.07 Å². The first kappa shape index (κ1) is 16.5. The molecule has 0 aliphatic rings. The molecule has 9 heteroatoms. The highest BCUT2D eigenvalue weighted by atomic mass is 16.5. The number of tetrazole rings is 1. The van der Waals surface area contributed by atoms with Crippen molar-refractivity contribution in [2.45, 2.75) is 0 Å². The molecule has 2 heterocycles. The number of nitrogens with zero attached hydrogens (tertiary/aromatic N) is 4. The fourth-order valence-electron chi connectivity index (χ4n) is 2.48. The third-order valence-corrected chi connectivity index (χ3v) is 3.71. The van der Waals surface area contributed by atoms with E-state index in [1.165, 1.54) is 17.1 Å². The van der Waals surface area contributed by atoms with E-state index in [4.69, 9.17) is 9.15 Å². The molecule has 27 heavy (non-hydrogen) atoms. The van der Waals surface area contributed by atoms with Crippen LogP contribution in [0.4, 0.5) is 5.69 Å². The maximum absolute atomic E-state index is 12.1. The summed E-state index contributed by atoms with van der Waals surface area (Å²) in [4.78, 5) is 23.4. The standard InChI is InChI=1S/C18H13N5O4/c24-17(20-13-2-1-3-14(8-13)23-11-19-21-22-23)10-26-15-6-4-12-5-7-18(25)27-16(12)9-15/h1-9,11H,10H2,(H,20,24). The Bertz CT molecular complexity index is 1150. The van der Waals surface area contributed by atoms with Gasteiger partial charge in [0.2, 0.25) is 0 Å². The van der Waals surface area contributed by atoms with Crippen LogP contribution in [0.1, 0.15) is 0 Å². The number of benzene rings is 2. The van der Waals surface area contributed by atoms with E-state index in [0.717, 1.165) is 5.39 Å². The SMILES string of the molecule is O=C(COc1ccc2ccc(=O)oc2c1)Nc1cccc(-n2cnnn2)c1. The smallest absolute Gasteiger partial charge is 0.336 e. The summed E-state index contributed by atoms with van der Waals surface area (Å²) in [6.45, 7) is -0.197. The third-order valence-electron chi connectivity index (χ3n) is 3.71. The quantitative estimate of drug-likeness (QED) is 0.538. The molecule has 2 aromatic heterocycles. The zero-order chi connectivity index (χ0) is 18.6. The summed E-state index contributed by atoms with van der Waals surface area (Å²) in [6, 6.07) is 15.1.